The number of aromatic nitrogens is 2. The number of amides is 1. The van der Waals surface area contributed by atoms with Gasteiger partial charge in [-0.05, 0) is 50.2 Å². The molecule has 1 aliphatic carbocycles. The summed E-state index contributed by atoms with van der Waals surface area (Å²) >= 11 is 0. The van der Waals surface area contributed by atoms with Gasteiger partial charge in [-0.1, -0.05) is 19.1 Å². The number of nitrogens with two attached hydrogens (primary N) is 1. The number of nitrogens with zero attached hydrogens (tertiary/aromatic N) is 3. The lowest BCUT2D eigenvalue weighted by molar-refractivity contribution is 0.0566. The number of hydrogen-bond acceptors (Lipinski definition) is 3. The van der Waals surface area contributed by atoms with Crippen molar-refractivity contribution in [1.82, 2.24) is 14.7 Å². The molecule has 1 aromatic carbocycles. The third kappa shape index (κ3) is 3.48. The van der Waals surface area contributed by atoms with Gasteiger partial charge in [-0.3, -0.25) is 4.79 Å². The van der Waals surface area contributed by atoms with Crippen molar-refractivity contribution in [1.29, 1.82) is 0 Å². The fraction of sp³-hybridized carbons (Fsp3) is 0.500. The molecule has 0 saturated carbocycles. The molecule has 146 valence electrons. The normalized spacial score (nSPS) is 21.7. The number of carbonyl (C=O) groups excluding carboxylic acids is 1. The molecule has 0 spiro atoms. The molecule has 2 N–H and O–H groups in total. The number of halogens is 2. The van der Waals surface area contributed by atoms with E-state index in [0.29, 0.717) is 30.4 Å². The highest BCUT2D eigenvalue weighted by atomic mass is 35.5. The smallest absolute Gasteiger partial charge is 0.274 e. The van der Waals surface area contributed by atoms with E-state index in [1.807, 2.05) is 4.90 Å². The van der Waals surface area contributed by atoms with E-state index in [1.54, 1.807) is 22.9 Å². The van der Waals surface area contributed by atoms with Crippen molar-refractivity contribution in [3.05, 3.63) is 47.0 Å². The number of hydrogen-bond donors (Lipinski definition) is 1. The predicted octanol–water partition coefficient (Wildman–Crippen LogP) is 3.12. The van der Waals surface area contributed by atoms with Crippen LogP contribution in [-0.4, -0.2) is 39.7 Å². The van der Waals surface area contributed by atoms with Crippen LogP contribution in [0.3, 0.4) is 0 Å². The first-order valence-corrected chi connectivity index (χ1v) is 9.47. The third-order valence-corrected chi connectivity index (χ3v) is 5.72. The zero-order valence-corrected chi connectivity index (χ0v) is 16.3. The van der Waals surface area contributed by atoms with Crippen LogP contribution in [0.25, 0.3) is 5.69 Å². The maximum absolute atomic E-state index is 14.3. The number of fused-ring (bicyclic) bond motifs is 1. The Morgan fingerprint density at radius 2 is 2.11 bits per heavy atom. The Morgan fingerprint density at radius 1 is 1.33 bits per heavy atom. The van der Waals surface area contributed by atoms with E-state index >= 15 is 0 Å². The van der Waals surface area contributed by atoms with E-state index in [9.17, 15) is 9.18 Å². The van der Waals surface area contributed by atoms with E-state index < -0.39 is 0 Å². The molecule has 5 nitrogen and oxygen atoms in total. The first kappa shape index (κ1) is 19.8. The fourth-order valence-electron chi connectivity index (χ4n) is 4.31. The summed E-state index contributed by atoms with van der Waals surface area (Å²) in [6.45, 7) is 3.38. The number of rotatable bonds is 3. The van der Waals surface area contributed by atoms with Gasteiger partial charge in [-0.15, -0.1) is 12.4 Å². The quantitative estimate of drug-likeness (QED) is 0.872. The Hall–Kier alpha value is -1.92. The summed E-state index contributed by atoms with van der Waals surface area (Å²) in [7, 11) is 0. The van der Waals surface area contributed by atoms with Gasteiger partial charge in [0.15, 0.2) is 5.69 Å². The molecule has 1 saturated heterocycles. The van der Waals surface area contributed by atoms with Crippen LogP contribution in [0.4, 0.5) is 4.39 Å². The average Bonchev–Trinajstić information content (AvgIpc) is 3.24. The van der Waals surface area contributed by atoms with Crippen LogP contribution < -0.4 is 5.73 Å². The molecule has 1 fully saturated rings. The van der Waals surface area contributed by atoms with Crippen LogP contribution in [0, 0.1) is 11.7 Å². The lowest BCUT2D eigenvalue weighted by Crippen LogP contribution is -2.49. The number of likely N-dealkylation sites (tertiary alicyclic amines) is 1. The van der Waals surface area contributed by atoms with E-state index in [1.165, 1.54) is 6.07 Å². The minimum Gasteiger partial charge on any atom is -0.333 e. The van der Waals surface area contributed by atoms with Gasteiger partial charge < -0.3 is 10.6 Å². The number of benzene rings is 1. The average molecular weight is 393 g/mol. The second-order valence-electron chi connectivity index (χ2n) is 7.51. The Morgan fingerprint density at radius 3 is 2.85 bits per heavy atom. The summed E-state index contributed by atoms with van der Waals surface area (Å²) < 4.78 is 15.9. The molecule has 2 unspecified atom stereocenters. The summed E-state index contributed by atoms with van der Waals surface area (Å²) in [6, 6.07) is 6.65. The first-order chi connectivity index (χ1) is 12.6. The monoisotopic (exact) mass is 392 g/mol. The standard InChI is InChI=1S/C20H25FN4O.ClH/c1-13-9-10-24(14(11-13)12-22)20(26)19-15-5-4-8-17(15)25(23-19)18-7-3-2-6-16(18)21;/h2-3,6-7,13-14H,4-5,8-12,22H2,1H3;1H. The highest BCUT2D eigenvalue weighted by Gasteiger charge is 2.34. The topological polar surface area (TPSA) is 64.2 Å². The molecule has 1 amide bonds. The van der Waals surface area contributed by atoms with Gasteiger partial charge in [0.25, 0.3) is 5.91 Å². The highest BCUT2D eigenvalue weighted by Crippen LogP contribution is 2.31. The van der Waals surface area contributed by atoms with Crippen LogP contribution in [0.5, 0.6) is 0 Å². The Bertz CT molecular complexity index is 837. The molecule has 2 aromatic rings. The number of piperidine rings is 1. The van der Waals surface area contributed by atoms with Crippen molar-refractivity contribution < 1.29 is 9.18 Å². The summed E-state index contributed by atoms with van der Waals surface area (Å²) in [5.74, 6) is 0.199. The zero-order chi connectivity index (χ0) is 18.3. The molecular weight excluding hydrogens is 367 g/mol. The van der Waals surface area contributed by atoms with Gasteiger partial charge in [0.1, 0.15) is 11.5 Å². The summed E-state index contributed by atoms with van der Waals surface area (Å²) in [5.41, 5.74) is 8.77. The fourth-order valence-corrected chi connectivity index (χ4v) is 4.31. The van der Waals surface area contributed by atoms with Crippen molar-refractivity contribution in [2.45, 2.75) is 45.1 Å². The number of carbonyl (C=O) groups is 1. The maximum atomic E-state index is 14.3. The second kappa shape index (κ2) is 7.98. The zero-order valence-electron chi connectivity index (χ0n) is 15.5. The molecule has 7 heteroatoms. The molecule has 0 radical (unpaired) electrons. The second-order valence-corrected chi connectivity index (χ2v) is 7.51. The van der Waals surface area contributed by atoms with Crippen molar-refractivity contribution in [3.8, 4) is 5.69 Å². The Labute approximate surface area is 165 Å². The predicted molar refractivity (Wildman–Crippen MR) is 105 cm³/mol. The molecule has 2 atom stereocenters. The Kier molecular flexibility index (Phi) is 5.86. The number of para-hydroxylation sites is 1. The summed E-state index contributed by atoms with van der Waals surface area (Å²) in [6.07, 6.45) is 4.53. The van der Waals surface area contributed by atoms with E-state index in [-0.39, 0.29) is 30.2 Å². The molecular formula is C20H26ClFN4O. The molecule has 2 heterocycles. The van der Waals surface area contributed by atoms with E-state index in [2.05, 4.69) is 12.0 Å². The van der Waals surface area contributed by atoms with Crippen molar-refractivity contribution in [3.63, 3.8) is 0 Å². The molecule has 1 aromatic heterocycles. The lowest BCUT2D eigenvalue weighted by atomic mass is 9.92. The van der Waals surface area contributed by atoms with E-state index in [4.69, 9.17) is 5.73 Å². The SMILES string of the molecule is CC1CCN(C(=O)c2nn(-c3ccccc3F)c3c2CCC3)C(CN)C1.Cl. The van der Waals surface area contributed by atoms with Gasteiger partial charge in [0.05, 0.1) is 0 Å². The van der Waals surface area contributed by atoms with Crippen molar-refractivity contribution in [2.24, 2.45) is 11.7 Å². The maximum Gasteiger partial charge on any atom is 0.274 e. The van der Waals surface area contributed by atoms with Crippen LogP contribution in [0.2, 0.25) is 0 Å². The Balaban J connectivity index is 0.00000210. The van der Waals surface area contributed by atoms with Crippen LogP contribution in [0.15, 0.2) is 24.3 Å². The minimum atomic E-state index is -0.324. The van der Waals surface area contributed by atoms with Crippen molar-refractivity contribution >= 4 is 18.3 Å². The van der Waals surface area contributed by atoms with Gasteiger partial charge in [-0.2, -0.15) is 5.10 Å². The molecule has 4 rings (SSSR count). The van der Waals surface area contributed by atoms with Gasteiger partial charge in [0.2, 0.25) is 0 Å². The van der Waals surface area contributed by atoms with Gasteiger partial charge in [-0.25, -0.2) is 9.07 Å². The molecule has 27 heavy (non-hydrogen) atoms. The lowest BCUT2D eigenvalue weighted by Gasteiger charge is -2.37. The van der Waals surface area contributed by atoms with E-state index in [0.717, 1.165) is 43.4 Å². The third-order valence-electron chi connectivity index (χ3n) is 5.72. The van der Waals surface area contributed by atoms with Crippen LogP contribution >= 0.6 is 12.4 Å². The molecule has 1 aliphatic heterocycles. The largest absolute Gasteiger partial charge is 0.333 e. The molecule has 2 aliphatic rings. The van der Waals surface area contributed by atoms with Gasteiger partial charge in [0, 0.05) is 30.4 Å². The minimum absolute atomic E-state index is 0. The highest BCUT2D eigenvalue weighted by molar-refractivity contribution is 5.94. The van der Waals surface area contributed by atoms with Crippen LogP contribution in [-0.2, 0) is 12.8 Å². The first-order valence-electron chi connectivity index (χ1n) is 9.47. The summed E-state index contributed by atoms with van der Waals surface area (Å²) in [5, 5.41) is 4.57. The van der Waals surface area contributed by atoms with Crippen LogP contribution in [0.1, 0.15) is 47.9 Å². The van der Waals surface area contributed by atoms with Gasteiger partial charge >= 0.3 is 0 Å². The molecule has 0 bridgehead atoms. The van der Waals surface area contributed by atoms with Crippen molar-refractivity contribution in [2.75, 3.05) is 13.1 Å². The summed E-state index contributed by atoms with van der Waals surface area (Å²) in [4.78, 5) is 15.1.